The maximum atomic E-state index is 13.1. The molecule has 0 radical (unpaired) electrons. The maximum Gasteiger partial charge on any atom is 0.249 e. The van der Waals surface area contributed by atoms with E-state index in [4.69, 9.17) is 9.47 Å². The van der Waals surface area contributed by atoms with E-state index < -0.39 is 61.5 Å². The van der Waals surface area contributed by atoms with Gasteiger partial charge in [-0.25, -0.2) is 0 Å². The molecule has 10 heteroatoms. The average molecular weight is 950 g/mol. The van der Waals surface area contributed by atoms with Crippen molar-refractivity contribution in [2.45, 2.75) is 307 Å². The number of allylic oxidation sites excluding steroid dienone is 5. The van der Waals surface area contributed by atoms with E-state index in [1.807, 2.05) is 6.08 Å². The Hall–Kier alpha value is -1.63. The van der Waals surface area contributed by atoms with E-state index >= 15 is 0 Å². The second-order valence-corrected chi connectivity index (χ2v) is 19.9. The number of carbonyl (C=O) groups is 1. The lowest BCUT2D eigenvalue weighted by atomic mass is 9.99. The molecule has 0 aromatic heterocycles. The Kier molecular flexibility index (Phi) is 44.2. The summed E-state index contributed by atoms with van der Waals surface area (Å²) >= 11 is 0. The van der Waals surface area contributed by atoms with Gasteiger partial charge < -0.3 is 45.4 Å². The third kappa shape index (κ3) is 36.0. The van der Waals surface area contributed by atoms with E-state index in [0.29, 0.717) is 19.3 Å². The molecule has 1 fully saturated rings. The fourth-order valence-electron chi connectivity index (χ4n) is 8.94. The van der Waals surface area contributed by atoms with Crippen molar-refractivity contribution in [3.05, 3.63) is 36.5 Å². The molecule has 0 saturated carbocycles. The van der Waals surface area contributed by atoms with Crippen molar-refractivity contribution in [2.75, 3.05) is 13.2 Å². The first-order valence-corrected chi connectivity index (χ1v) is 28.3. The highest BCUT2D eigenvalue weighted by Gasteiger charge is 2.44. The van der Waals surface area contributed by atoms with Crippen molar-refractivity contribution < 1.29 is 44.9 Å². The van der Waals surface area contributed by atoms with Gasteiger partial charge in [0.15, 0.2) is 6.29 Å². The first kappa shape index (κ1) is 63.4. The van der Waals surface area contributed by atoms with Crippen molar-refractivity contribution in [2.24, 2.45) is 0 Å². The monoisotopic (exact) mass is 950 g/mol. The molecule has 0 aromatic rings. The van der Waals surface area contributed by atoms with Crippen LogP contribution in [0.5, 0.6) is 0 Å². The van der Waals surface area contributed by atoms with Gasteiger partial charge >= 0.3 is 0 Å². The molecule has 1 heterocycles. The molecule has 10 nitrogen and oxygen atoms in total. The lowest BCUT2D eigenvalue weighted by Gasteiger charge is -2.40. The highest BCUT2D eigenvalue weighted by molar-refractivity contribution is 5.80. The zero-order chi connectivity index (χ0) is 48.8. The Morgan fingerprint density at radius 3 is 1.30 bits per heavy atom. The zero-order valence-corrected chi connectivity index (χ0v) is 43.3. The lowest BCUT2D eigenvalue weighted by molar-refractivity contribution is -0.302. The number of aliphatic hydroxyl groups is 6. The number of hydrogen-bond donors (Lipinski definition) is 7. The molecular formula is C57H107NO9. The molecule has 8 atom stereocenters. The minimum atomic E-state index is -1.61. The number of ether oxygens (including phenoxy) is 2. The summed E-state index contributed by atoms with van der Waals surface area (Å²) in [6, 6.07) is -0.995. The van der Waals surface area contributed by atoms with E-state index in [1.165, 1.54) is 193 Å². The standard InChI is InChI=1S/C57H107NO9/c1-3-5-7-9-11-13-15-17-18-19-20-21-22-23-24-25-26-27-28-29-30-31-32-33-34-36-38-40-42-44-46-51(61)56(65)58-49(48-66-57-55(64)54(63)53(62)52(47-59)67-57)50(60)45-43-41-39-37-35-16-14-12-10-8-6-4-2/h23-24,35,37,43,45,49-55,57,59-64H,3-22,25-34,36,38-42,44,46-48H2,1-2H3,(H,58,65)/b24-23-,37-35+,45-43+. The molecular weight excluding hydrogens is 843 g/mol. The summed E-state index contributed by atoms with van der Waals surface area (Å²) in [5.74, 6) is -0.625. The highest BCUT2D eigenvalue weighted by atomic mass is 16.7. The second kappa shape index (κ2) is 46.7. The molecule has 0 bridgehead atoms. The number of nitrogens with one attached hydrogen (secondary N) is 1. The number of hydrogen-bond acceptors (Lipinski definition) is 9. The van der Waals surface area contributed by atoms with Crippen LogP contribution in [-0.4, -0.2) is 98.7 Å². The van der Waals surface area contributed by atoms with Crippen LogP contribution in [0.3, 0.4) is 0 Å². The van der Waals surface area contributed by atoms with E-state index in [9.17, 15) is 35.4 Å². The van der Waals surface area contributed by atoms with Crippen LogP contribution in [0.4, 0.5) is 0 Å². The van der Waals surface area contributed by atoms with Crippen molar-refractivity contribution in [3.8, 4) is 0 Å². The first-order valence-electron chi connectivity index (χ1n) is 28.3. The molecule has 67 heavy (non-hydrogen) atoms. The van der Waals surface area contributed by atoms with Gasteiger partial charge in [0.25, 0.3) is 0 Å². The minimum absolute atomic E-state index is 0.305. The molecule has 1 amide bonds. The van der Waals surface area contributed by atoms with Crippen LogP contribution in [0.25, 0.3) is 0 Å². The smallest absolute Gasteiger partial charge is 0.249 e. The van der Waals surface area contributed by atoms with Gasteiger partial charge in [-0.2, -0.15) is 0 Å². The summed E-state index contributed by atoms with van der Waals surface area (Å²) in [6.07, 6.45) is 49.8. The van der Waals surface area contributed by atoms with Gasteiger partial charge in [-0.3, -0.25) is 4.79 Å². The fraction of sp³-hybridized carbons (Fsp3) is 0.877. The molecule has 1 saturated heterocycles. The quantitative estimate of drug-likeness (QED) is 0.0232. The number of rotatable bonds is 48. The number of unbranched alkanes of at least 4 members (excludes halogenated alkanes) is 33. The summed E-state index contributed by atoms with van der Waals surface area (Å²) in [7, 11) is 0. The van der Waals surface area contributed by atoms with Crippen molar-refractivity contribution >= 4 is 5.91 Å². The van der Waals surface area contributed by atoms with Gasteiger partial charge in [-0.05, 0) is 57.8 Å². The molecule has 8 unspecified atom stereocenters. The van der Waals surface area contributed by atoms with Crippen LogP contribution in [0.2, 0.25) is 0 Å². The Morgan fingerprint density at radius 1 is 0.507 bits per heavy atom. The Morgan fingerprint density at radius 2 is 0.881 bits per heavy atom. The fourth-order valence-corrected chi connectivity index (χ4v) is 8.94. The predicted molar refractivity (Wildman–Crippen MR) is 278 cm³/mol. The largest absolute Gasteiger partial charge is 0.394 e. The number of amides is 1. The molecule has 0 aliphatic carbocycles. The predicted octanol–water partition coefficient (Wildman–Crippen LogP) is 12.5. The second-order valence-electron chi connectivity index (χ2n) is 19.9. The van der Waals surface area contributed by atoms with E-state index in [0.717, 1.165) is 32.1 Å². The molecule has 1 aliphatic heterocycles. The topological polar surface area (TPSA) is 169 Å². The lowest BCUT2D eigenvalue weighted by Crippen LogP contribution is -2.60. The van der Waals surface area contributed by atoms with Crippen molar-refractivity contribution in [1.29, 1.82) is 0 Å². The highest BCUT2D eigenvalue weighted by Crippen LogP contribution is 2.23. The summed E-state index contributed by atoms with van der Waals surface area (Å²) in [5.41, 5.74) is 0. The van der Waals surface area contributed by atoms with Crippen molar-refractivity contribution in [3.63, 3.8) is 0 Å². The number of aliphatic hydroxyl groups excluding tert-OH is 6. The summed E-state index contributed by atoms with van der Waals surface area (Å²) in [4.78, 5) is 13.1. The van der Waals surface area contributed by atoms with Gasteiger partial charge in [0, 0.05) is 0 Å². The van der Waals surface area contributed by atoms with Crippen LogP contribution < -0.4 is 5.32 Å². The zero-order valence-electron chi connectivity index (χ0n) is 43.3. The Balaban J connectivity index is 2.18. The molecule has 1 aliphatic rings. The van der Waals surface area contributed by atoms with Crippen molar-refractivity contribution in [1.82, 2.24) is 5.32 Å². The maximum absolute atomic E-state index is 13.1. The summed E-state index contributed by atoms with van der Waals surface area (Å²) in [6.45, 7) is 3.59. The third-order valence-electron chi connectivity index (χ3n) is 13.5. The number of carbonyl (C=O) groups excluding carboxylic acids is 1. The van der Waals surface area contributed by atoms with Gasteiger partial charge in [0.2, 0.25) is 5.91 Å². The van der Waals surface area contributed by atoms with Gasteiger partial charge in [0.05, 0.1) is 25.4 Å². The van der Waals surface area contributed by atoms with Gasteiger partial charge in [-0.15, -0.1) is 0 Å². The molecule has 0 aromatic carbocycles. The van der Waals surface area contributed by atoms with Gasteiger partial charge in [-0.1, -0.05) is 237 Å². The Labute approximate surface area is 411 Å². The van der Waals surface area contributed by atoms with Crippen LogP contribution in [0.15, 0.2) is 36.5 Å². The van der Waals surface area contributed by atoms with Gasteiger partial charge in [0.1, 0.15) is 30.5 Å². The Bertz CT molecular complexity index is 1160. The van der Waals surface area contributed by atoms with Crippen LogP contribution >= 0.6 is 0 Å². The van der Waals surface area contributed by atoms with Crippen LogP contribution in [0.1, 0.15) is 258 Å². The van der Waals surface area contributed by atoms with E-state index in [1.54, 1.807) is 6.08 Å². The molecule has 7 N–H and O–H groups in total. The van der Waals surface area contributed by atoms with E-state index in [2.05, 4.69) is 43.5 Å². The SMILES string of the molecule is CCCCCCCC/C=C/CC/C=C/C(O)C(COC1OC(CO)C(O)C(O)C1O)NC(=O)C(O)CCCCCCCCCCCCCCCC/C=C\CCCCCCCCCCCCCC. The van der Waals surface area contributed by atoms with Crippen LogP contribution in [-0.2, 0) is 14.3 Å². The average Bonchev–Trinajstić information content (AvgIpc) is 3.33. The third-order valence-corrected chi connectivity index (χ3v) is 13.5. The minimum Gasteiger partial charge on any atom is -0.394 e. The summed E-state index contributed by atoms with van der Waals surface area (Å²) in [5, 5.41) is 64.8. The van der Waals surface area contributed by atoms with E-state index in [-0.39, 0.29) is 6.61 Å². The summed E-state index contributed by atoms with van der Waals surface area (Å²) < 4.78 is 11.1. The molecule has 0 spiro atoms. The molecule has 394 valence electrons. The van der Waals surface area contributed by atoms with Crippen LogP contribution in [0, 0.1) is 0 Å². The normalized spacial score (nSPS) is 20.4. The molecule has 1 rings (SSSR count). The first-order chi connectivity index (χ1) is 32.8.